The molecule has 1 aliphatic carbocycles. The van der Waals surface area contributed by atoms with Gasteiger partial charge in [0, 0.05) is 0 Å². The molecule has 1 unspecified atom stereocenters. The second-order valence-electron chi connectivity index (χ2n) is 10.6. The van der Waals surface area contributed by atoms with Crippen LogP contribution >= 0.6 is 7.60 Å². The first-order chi connectivity index (χ1) is 14.4. The largest absolute Gasteiger partial charge is 0.370 e. The van der Waals surface area contributed by atoms with Gasteiger partial charge in [0.25, 0.3) is 5.34 Å². The maximum atomic E-state index is 12.6. The van der Waals surface area contributed by atoms with Gasteiger partial charge in [-0.25, -0.2) is 0 Å². The molecule has 1 rings (SSSR count). The average Bonchev–Trinajstić information content (AvgIpc) is 2.58. The number of nitrogens with zero attached hydrogens (tertiary/aromatic N) is 1. The van der Waals surface area contributed by atoms with E-state index in [1.165, 1.54) is 24.0 Å². The third kappa shape index (κ3) is 8.09. The van der Waals surface area contributed by atoms with Crippen LogP contribution in [0.1, 0.15) is 53.9 Å². The van der Waals surface area contributed by atoms with Gasteiger partial charge in [0.15, 0.2) is 0 Å². The van der Waals surface area contributed by atoms with Crippen molar-refractivity contribution in [1.82, 2.24) is 0 Å². The quantitative estimate of drug-likeness (QED) is 0.199. The molecule has 0 saturated carbocycles. The molecule has 0 aromatic carbocycles. The lowest BCUT2D eigenvalue weighted by Gasteiger charge is -2.34. The van der Waals surface area contributed by atoms with Crippen LogP contribution < -0.4 is 0 Å². The zero-order chi connectivity index (χ0) is 25.0. The molecular weight excluding hydrogens is 425 g/mol. The standard InChI is InChI=1S/C25H40NO5P/c1-19(14-15-22-21(3)13-10-16-24(22,4)5)11-9-12-20(2)17-23(27)25(28,32(29,30)31)18-26(6,7)8/h9,11-12,14-15,17,28H,10,13,16,18H2,1-8H3,(H-,29,30,31)/p+1/b12-9+,15-14+,19-11+,20-17+. The Morgan fingerprint density at radius 1 is 1.16 bits per heavy atom. The van der Waals surface area contributed by atoms with Gasteiger partial charge in [0.2, 0.25) is 5.78 Å². The van der Waals surface area contributed by atoms with E-state index in [2.05, 4.69) is 32.9 Å². The second kappa shape index (κ2) is 10.6. The summed E-state index contributed by atoms with van der Waals surface area (Å²) in [6, 6.07) is 0. The minimum Gasteiger partial charge on any atom is -0.366 e. The topological polar surface area (TPSA) is 94.8 Å². The molecule has 0 fully saturated rings. The molecule has 6 nitrogen and oxygen atoms in total. The lowest BCUT2D eigenvalue weighted by Crippen LogP contribution is -2.53. The molecule has 0 aromatic rings. The number of carbonyl (C=O) groups is 1. The van der Waals surface area contributed by atoms with E-state index in [0.717, 1.165) is 18.1 Å². The lowest BCUT2D eigenvalue weighted by molar-refractivity contribution is -0.873. The van der Waals surface area contributed by atoms with Gasteiger partial charge in [0.05, 0.1) is 21.1 Å². The summed E-state index contributed by atoms with van der Waals surface area (Å²) in [7, 11) is -0.130. The van der Waals surface area contributed by atoms with Gasteiger partial charge in [-0.2, -0.15) is 0 Å². The highest BCUT2D eigenvalue weighted by atomic mass is 31.2. The first-order valence-electron chi connectivity index (χ1n) is 10.9. The van der Waals surface area contributed by atoms with Crippen LogP contribution in [0.3, 0.4) is 0 Å². The zero-order valence-electron chi connectivity index (χ0n) is 20.8. The Bertz CT molecular complexity index is 909. The number of ketones is 1. The van der Waals surface area contributed by atoms with Crippen molar-refractivity contribution in [2.45, 2.75) is 59.2 Å². The van der Waals surface area contributed by atoms with Gasteiger partial charge in [-0.15, -0.1) is 0 Å². The summed E-state index contributed by atoms with van der Waals surface area (Å²) < 4.78 is 11.9. The van der Waals surface area contributed by atoms with E-state index in [9.17, 15) is 24.3 Å². The summed E-state index contributed by atoms with van der Waals surface area (Å²) in [6.07, 6.45) is 14.3. The van der Waals surface area contributed by atoms with E-state index < -0.39 is 25.3 Å². The molecule has 32 heavy (non-hydrogen) atoms. The Kier molecular flexibility index (Phi) is 9.41. The molecule has 0 heterocycles. The van der Waals surface area contributed by atoms with Crippen molar-refractivity contribution in [2.75, 3.05) is 27.7 Å². The number of hydrogen-bond acceptors (Lipinski definition) is 3. The molecule has 1 aliphatic rings. The number of hydrogen-bond donors (Lipinski definition) is 3. The highest BCUT2D eigenvalue weighted by Crippen LogP contribution is 2.50. The minimum atomic E-state index is -5.08. The maximum Gasteiger partial charge on any atom is 0.370 e. The first kappa shape index (κ1) is 28.5. The van der Waals surface area contributed by atoms with Crippen LogP contribution in [0.15, 0.2) is 58.7 Å². The van der Waals surface area contributed by atoms with E-state index in [4.69, 9.17) is 0 Å². The number of rotatable bonds is 9. The van der Waals surface area contributed by atoms with Crippen LogP contribution in [0.25, 0.3) is 0 Å². The van der Waals surface area contributed by atoms with Crippen molar-refractivity contribution in [3.8, 4) is 0 Å². The van der Waals surface area contributed by atoms with Crippen LogP contribution in [0.2, 0.25) is 0 Å². The van der Waals surface area contributed by atoms with Crippen LogP contribution in [0.4, 0.5) is 0 Å². The summed E-state index contributed by atoms with van der Waals surface area (Å²) >= 11 is 0. The number of allylic oxidation sites excluding steroid dienone is 9. The molecule has 0 saturated heterocycles. The number of aliphatic hydroxyl groups is 1. The molecule has 0 spiro atoms. The van der Waals surface area contributed by atoms with Gasteiger partial charge in [-0.1, -0.05) is 55.4 Å². The predicted molar refractivity (Wildman–Crippen MR) is 131 cm³/mol. The van der Waals surface area contributed by atoms with E-state index in [-0.39, 0.29) is 9.90 Å². The van der Waals surface area contributed by atoms with Gasteiger partial charge in [-0.05, 0) is 62.7 Å². The van der Waals surface area contributed by atoms with Crippen molar-refractivity contribution >= 4 is 13.4 Å². The van der Waals surface area contributed by atoms with Crippen LogP contribution in [-0.4, -0.2) is 58.2 Å². The zero-order valence-corrected chi connectivity index (χ0v) is 21.7. The van der Waals surface area contributed by atoms with Crippen LogP contribution in [-0.2, 0) is 9.36 Å². The fraction of sp³-hybridized carbons (Fsp3) is 0.560. The molecule has 180 valence electrons. The smallest absolute Gasteiger partial charge is 0.366 e. The third-order valence-corrected chi connectivity index (χ3v) is 7.03. The van der Waals surface area contributed by atoms with Gasteiger partial charge < -0.3 is 19.4 Å². The molecule has 3 N–H and O–H groups in total. The SMILES string of the molecule is CC1=C(/C=C/C(C)=C/C=C/C(C)=C/C(=O)C(O)(C[N+](C)(C)C)P(=O)(O)O)C(C)(C)CCC1. The van der Waals surface area contributed by atoms with Crippen molar-refractivity contribution in [3.63, 3.8) is 0 Å². The maximum absolute atomic E-state index is 12.6. The van der Waals surface area contributed by atoms with E-state index in [1.54, 1.807) is 40.2 Å². The monoisotopic (exact) mass is 466 g/mol. The average molecular weight is 467 g/mol. The summed E-state index contributed by atoms with van der Waals surface area (Å²) in [5.41, 5.74) is 4.53. The number of carbonyl (C=O) groups excluding carboxylic acids is 1. The molecule has 0 bridgehead atoms. The summed E-state index contributed by atoms with van der Waals surface area (Å²) in [5.74, 6) is -0.997. The Morgan fingerprint density at radius 2 is 1.75 bits per heavy atom. The van der Waals surface area contributed by atoms with E-state index in [0.29, 0.717) is 5.57 Å². The summed E-state index contributed by atoms with van der Waals surface area (Å²) in [5, 5.41) is 7.79. The van der Waals surface area contributed by atoms with Crippen LogP contribution in [0.5, 0.6) is 0 Å². The third-order valence-electron chi connectivity index (χ3n) is 5.70. The highest BCUT2D eigenvalue weighted by molar-refractivity contribution is 7.54. The number of quaternary nitrogens is 1. The van der Waals surface area contributed by atoms with E-state index in [1.807, 2.05) is 13.0 Å². The molecule has 0 amide bonds. The first-order valence-corrected chi connectivity index (χ1v) is 12.5. The number of likely N-dealkylation sites (N-methyl/N-ethyl adjacent to an activating group) is 1. The normalized spacial score (nSPS) is 20.8. The Hall–Kier alpha value is -1.56. The van der Waals surface area contributed by atoms with Gasteiger partial charge in [0.1, 0.15) is 6.54 Å². The molecule has 0 aromatic heterocycles. The summed E-state index contributed by atoms with van der Waals surface area (Å²) in [6.45, 7) is 9.98. The van der Waals surface area contributed by atoms with E-state index >= 15 is 0 Å². The van der Waals surface area contributed by atoms with Crippen molar-refractivity contribution in [3.05, 3.63) is 58.7 Å². The van der Waals surface area contributed by atoms with Gasteiger partial charge in [-0.3, -0.25) is 9.36 Å². The highest BCUT2D eigenvalue weighted by Gasteiger charge is 2.54. The van der Waals surface area contributed by atoms with Crippen molar-refractivity contribution in [1.29, 1.82) is 0 Å². The molecule has 7 heteroatoms. The Morgan fingerprint density at radius 3 is 2.25 bits per heavy atom. The Labute approximate surface area is 193 Å². The van der Waals surface area contributed by atoms with Crippen molar-refractivity contribution < 1.29 is 28.7 Å². The van der Waals surface area contributed by atoms with Crippen LogP contribution in [0, 0.1) is 5.41 Å². The molecule has 0 aliphatic heterocycles. The Balaban J connectivity index is 2.99. The molecule has 1 atom stereocenters. The predicted octanol–water partition coefficient (Wildman–Crippen LogP) is 4.66. The second-order valence-corrected chi connectivity index (χ2v) is 12.4. The van der Waals surface area contributed by atoms with Gasteiger partial charge >= 0.3 is 7.60 Å². The fourth-order valence-electron chi connectivity index (χ4n) is 3.98. The lowest BCUT2D eigenvalue weighted by atomic mass is 9.72. The molecule has 0 radical (unpaired) electrons. The minimum absolute atomic E-state index is 0.0249. The van der Waals surface area contributed by atoms with Crippen molar-refractivity contribution in [2.24, 2.45) is 5.41 Å². The molecular formula is C25H41NO5P+. The summed E-state index contributed by atoms with van der Waals surface area (Å²) in [4.78, 5) is 31.8. The fourth-order valence-corrected chi connectivity index (χ4v) is 4.94.